The number of aromatic nitrogens is 3. The van der Waals surface area contributed by atoms with Gasteiger partial charge in [-0.3, -0.25) is 0 Å². The Morgan fingerprint density at radius 2 is 1.47 bits per heavy atom. The van der Waals surface area contributed by atoms with E-state index in [0.29, 0.717) is 6.07 Å². The molecule has 0 aliphatic carbocycles. The molecule has 0 amide bonds. The van der Waals surface area contributed by atoms with Gasteiger partial charge in [0.25, 0.3) is 0 Å². The normalized spacial score (nSPS) is 12.3. The van der Waals surface area contributed by atoms with Gasteiger partial charge in [0.05, 0.1) is 14.2 Å². The van der Waals surface area contributed by atoms with Crippen LogP contribution in [-0.4, -0.2) is 58.5 Å². The molecule has 0 saturated carbocycles. The number of halogens is 4. The summed E-state index contributed by atoms with van der Waals surface area (Å²) < 4.78 is 119. The van der Waals surface area contributed by atoms with E-state index in [4.69, 9.17) is 9.47 Å². The Morgan fingerprint density at radius 3 is 1.97 bits per heavy atom. The van der Waals surface area contributed by atoms with E-state index in [-0.39, 0.29) is 12.0 Å². The molecule has 0 spiro atoms. The van der Waals surface area contributed by atoms with Crippen molar-refractivity contribution in [3.8, 4) is 23.5 Å². The smallest absolute Gasteiger partial charge is 0.461 e. The summed E-state index contributed by atoms with van der Waals surface area (Å²) in [5.74, 6) is -2.85. The van der Waals surface area contributed by atoms with E-state index in [2.05, 4.69) is 23.9 Å². The van der Waals surface area contributed by atoms with Crippen LogP contribution in [0.1, 0.15) is 0 Å². The third kappa shape index (κ3) is 6.92. The highest BCUT2D eigenvalue weighted by molar-refractivity contribution is 8.03. The Labute approximate surface area is 178 Å². The van der Waals surface area contributed by atoms with Crippen LogP contribution in [-0.2, 0) is 20.5 Å². The number of alkyl halides is 4. The summed E-state index contributed by atoms with van der Waals surface area (Å²) in [4.78, 5) is 10.6. The Bertz CT molecular complexity index is 1140. The number of nitrogens with zero attached hydrogens (tertiary/aromatic N) is 3. The molecular weight excluding hydrogens is 494 g/mol. The summed E-state index contributed by atoms with van der Waals surface area (Å²) in [6, 6.07) is 2.78. The number of nitrogens with one attached hydrogen (secondary N) is 2. The van der Waals surface area contributed by atoms with Gasteiger partial charge in [-0.1, -0.05) is 16.3 Å². The highest BCUT2D eigenvalue weighted by Crippen LogP contribution is 2.34. The molecule has 0 radical (unpaired) electrons. The molecule has 0 unspecified atom stereocenters. The number of ether oxygens (including phenoxy) is 3. The lowest BCUT2D eigenvalue weighted by Crippen LogP contribution is -2.38. The molecule has 0 aliphatic heterocycles. The Hall–Kier alpha value is -3.19. The Morgan fingerprint density at radius 1 is 0.938 bits per heavy atom. The van der Waals surface area contributed by atoms with Crippen molar-refractivity contribution in [2.45, 2.75) is 12.5 Å². The first kappa shape index (κ1) is 25.1. The molecule has 178 valence electrons. The summed E-state index contributed by atoms with van der Waals surface area (Å²) in [5.41, 5.74) is 0. The average Bonchev–Trinajstić information content (AvgIpc) is 2.67. The largest absolute Gasteiger partial charge is 0.467 e. The number of rotatable bonds is 11. The lowest BCUT2D eigenvalue weighted by molar-refractivity contribution is -0.253. The minimum atomic E-state index is -5.29. The monoisotopic (exact) mass is 507 g/mol. The summed E-state index contributed by atoms with van der Waals surface area (Å²) in [7, 11) is -8.02. The van der Waals surface area contributed by atoms with Crippen molar-refractivity contribution in [2.75, 3.05) is 18.9 Å². The first-order valence-electron chi connectivity index (χ1n) is 7.80. The second-order valence-electron chi connectivity index (χ2n) is 5.27. The molecular formula is C13H13F4N5O8S2. The molecule has 2 aromatic rings. The molecule has 0 fully saturated rings. The fraction of sp³-hybridized carbons (Fsp3) is 0.308. The lowest BCUT2D eigenvalue weighted by atomic mass is 10.3. The zero-order valence-corrected chi connectivity index (χ0v) is 17.5. The zero-order valence-electron chi connectivity index (χ0n) is 15.8. The van der Waals surface area contributed by atoms with Crippen molar-refractivity contribution < 1.29 is 52.8 Å². The van der Waals surface area contributed by atoms with Crippen molar-refractivity contribution >= 4 is 26.5 Å². The van der Waals surface area contributed by atoms with Crippen molar-refractivity contribution in [3.05, 3.63) is 24.3 Å². The van der Waals surface area contributed by atoms with E-state index >= 15 is 0 Å². The van der Waals surface area contributed by atoms with Crippen LogP contribution in [0.2, 0.25) is 0 Å². The van der Waals surface area contributed by atoms with Crippen LogP contribution in [0.15, 0.2) is 24.3 Å². The standard InChI is InChI=1S/C13H13F4N5O8S2/c1-27-11-18-10(19-12(20-11)28-2)21-31(23,24)22-32(25,26)30-8-6-4-3-5-7(8)29-13(16,17)9(14)15/h3-6,9,22H,1-2H3,(H,18,19,20,21). The third-order valence-electron chi connectivity index (χ3n) is 2.95. The Balaban J connectivity index is 2.22. The maximum absolute atomic E-state index is 13.1. The topological polar surface area (TPSA) is 168 Å². The molecule has 2 N–H and O–H groups in total. The third-order valence-corrected chi connectivity index (χ3v) is 5.49. The lowest BCUT2D eigenvalue weighted by Gasteiger charge is -2.18. The first-order valence-corrected chi connectivity index (χ1v) is 10.7. The van der Waals surface area contributed by atoms with Crippen molar-refractivity contribution in [1.82, 2.24) is 19.1 Å². The van der Waals surface area contributed by atoms with Crippen LogP contribution in [0.5, 0.6) is 23.5 Å². The number of hydrogen-bond donors (Lipinski definition) is 2. The molecule has 13 nitrogen and oxygen atoms in total. The maximum atomic E-state index is 13.1. The summed E-state index contributed by atoms with van der Waals surface area (Å²) in [5, 5.41) is 0. The molecule has 1 heterocycles. The van der Waals surface area contributed by atoms with Crippen LogP contribution in [0, 0.1) is 0 Å². The zero-order chi connectivity index (χ0) is 24.2. The van der Waals surface area contributed by atoms with Crippen LogP contribution in [0.4, 0.5) is 23.5 Å². The second kappa shape index (κ2) is 9.53. The number of hydrogen-bond acceptors (Lipinski definition) is 11. The fourth-order valence-electron chi connectivity index (χ4n) is 1.77. The average molecular weight is 507 g/mol. The van der Waals surface area contributed by atoms with Crippen LogP contribution < -0.4 is 27.2 Å². The predicted octanol–water partition coefficient (Wildman–Crippen LogP) is 0.696. The van der Waals surface area contributed by atoms with Gasteiger partial charge in [0.15, 0.2) is 11.5 Å². The van der Waals surface area contributed by atoms with Gasteiger partial charge < -0.3 is 18.4 Å². The van der Waals surface area contributed by atoms with Gasteiger partial charge in [-0.15, -0.1) is 4.98 Å². The van der Waals surface area contributed by atoms with E-state index in [1.807, 2.05) is 0 Å². The van der Waals surface area contributed by atoms with E-state index < -0.39 is 50.5 Å². The second-order valence-corrected chi connectivity index (χ2v) is 8.22. The highest BCUT2D eigenvalue weighted by atomic mass is 32.3. The van der Waals surface area contributed by atoms with Crippen molar-refractivity contribution in [2.24, 2.45) is 0 Å². The minimum absolute atomic E-state index is 0.389. The molecule has 19 heteroatoms. The van der Waals surface area contributed by atoms with Gasteiger partial charge >= 0.3 is 45.1 Å². The molecule has 0 saturated heterocycles. The summed E-state index contributed by atoms with van der Waals surface area (Å²) in [6.07, 6.45) is -9.23. The van der Waals surface area contributed by atoms with Crippen LogP contribution >= 0.6 is 0 Å². The molecule has 0 aliphatic rings. The van der Waals surface area contributed by atoms with Gasteiger partial charge in [-0.25, -0.2) is 4.72 Å². The first-order chi connectivity index (χ1) is 14.8. The quantitative estimate of drug-likeness (QED) is 0.411. The molecule has 0 atom stereocenters. The molecule has 2 rings (SSSR count). The number of para-hydroxylation sites is 2. The van der Waals surface area contributed by atoms with E-state index in [1.54, 1.807) is 4.72 Å². The molecule has 1 aromatic heterocycles. The van der Waals surface area contributed by atoms with Gasteiger partial charge in [0, 0.05) is 0 Å². The summed E-state index contributed by atoms with van der Waals surface area (Å²) >= 11 is 0. The predicted molar refractivity (Wildman–Crippen MR) is 96.2 cm³/mol. The van der Waals surface area contributed by atoms with Gasteiger partial charge in [-0.2, -0.15) is 44.4 Å². The molecule has 0 bridgehead atoms. The molecule has 1 aromatic carbocycles. The maximum Gasteiger partial charge on any atom is 0.461 e. The van der Waals surface area contributed by atoms with Crippen molar-refractivity contribution in [1.29, 1.82) is 0 Å². The summed E-state index contributed by atoms with van der Waals surface area (Å²) in [6.45, 7) is 0. The minimum Gasteiger partial charge on any atom is -0.467 e. The van der Waals surface area contributed by atoms with Crippen LogP contribution in [0.3, 0.4) is 0 Å². The van der Waals surface area contributed by atoms with Gasteiger partial charge in [0.1, 0.15) is 0 Å². The van der Waals surface area contributed by atoms with Crippen molar-refractivity contribution in [3.63, 3.8) is 0 Å². The Kier molecular flexibility index (Phi) is 7.46. The van der Waals surface area contributed by atoms with E-state index in [0.717, 1.165) is 36.5 Å². The fourth-order valence-corrected chi connectivity index (χ4v) is 3.85. The number of benzene rings is 1. The number of methoxy groups -OCH3 is 2. The van der Waals surface area contributed by atoms with E-state index in [1.165, 1.54) is 0 Å². The highest BCUT2D eigenvalue weighted by Gasteiger charge is 2.44. The van der Waals surface area contributed by atoms with Crippen LogP contribution in [0.25, 0.3) is 0 Å². The SMILES string of the molecule is COc1nc(NS(=O)(=O)NS(=O)(=O)Oc2ccccc2OC(F)(F)C(F)F)nc(OC)n1. The number of anilines is 1. The van der Waals surface area contributed by atoms with Gasteiger partial charge in [-0.05, 0) is 12.1 Å². The molecule has 32 heavy (non-hydrogen) atoms. The van der Waals surface area contributed by atoms with E-state index in [9.17, 15) is 34.4 Å². The van der Waals surface area contributed by atoms with Gasteiger partial charge in [0.2, 0.25) is 5.95 Å².